The molecule has 0 bridgehead atoms. The van der Waals surface area contributed by atoms with Gasteiger partial charge in [-0.2, -0.15) is 0 Å². The van der Waals surface area contributed by atoms with Crippen molar-refractivity contribution < 1.29 is 18.0 Å². The average molecular weight is 472 g/mol. The minimum atomic E-state index is -3.58. The van der Waals surface area contributed by atoms with E-state index in [1.165, 1.54) is 4.31 Å². The van der Waals surface area contributed by atoms with E-state index in [-0.39, 0.29) is 19.0 Å². The predicted octanol–water partition coefficient (Wildman–Crippen LogP) is 3.34. The zero-order chi connectivity index (χ0) is 23.3. The normalized spacial score (nSPS) is 11.1. The fraction of sp³-hybridized carbons (Fsp3) is 0.130. The Morgan fingerprint density at radius 2 is 1.53 bits per heavy atom. The molecule has 0 aromatic heterocycles. The molecule has 2 amide bonds. The number of nitrogens with one attached hydrogen (secondary N) is 1. The molecule has 166 valence electrons. The molecule has 3 rings (SSSR count). The van der Waals surface area contributed by atoms with Gasteiger partial charge in [0.1, 0.15) is 0 Å². The van der Waals surface area contributed by atoms with Gasteiger partial charge < -0.3 is 11.1 Å². The van der Waals surface area contributed by atoms with Crippen LogP contribution in [0.2, 0.25) is 5.02 Å². The van der Waals surface area contributed by atoms with Gasteiger partial charge in [0, 0.05) is 22.7 Å². The molecule has 0 aliphatic rings. The third-order valence-corrected chi connectivity index (χ3v) is 6.29. The molecule has 0 radical (unpaired) electrons. The Balaban J connectivity index is 1.71. The van der Waals surface area contributed by atoms with E-state index in [0.717, 1.165) is 11.8 Å². The summed E-state index contributed by atoms with van der Waals surface area (Å²) < 4.78 is 26.0. The van der Waals surface area contributed by atoms with Crippen LogP contribution >= 0.6 is 11.6 Å². The molecule has 7 nitrogen and oxygen atoms in total. The van der Waals surface area contributed by atoms with Crippen molar-refractivity contribution in [1.29, 1.82) is 0 Å². The molecular formula is C23H22ClN3O4S. The Morgan fingerprint density at radius 1 is 0.938 bits per heavy atom. The first-order valence-electron chi connectivity index (χ1n) is 9.63. The highest BCUT2D eigenvalue weighted by Crippen LogP contribution is 2.24. The second-order valence-electron chi connectivity index (χ2n) is 7.15. The van der Waals surface area contributed by atoms with Gasteiger partial charge in [0.25, 0.3) is 5.91 Å². The highest BCUT2D eigenvalue weighted by atomic mass is 35.5. The van der Waals surface area contributed by atoms with E-state index in [1.54, 1.807) is 72.8 Å². The Morgan fingerprint density at radius 3 is 2.09 bits per heavy atom. The number of hydrogen-bond donors (Lipinski definition) is 2. The molecule has 3 N–H and O–H groups in total. The molecule has 0 fully saturated rings. The smallest absolute Gasteiger partial charge is 0.251 e. The van der Waals surface area contributed by atoms with Gasteiger partial charge in [-0.25, -0.2) is 8.42 Å². The lowest BCUT2D eigenvalue weighted by Crippen LogP contribution is -2.29. The topological polar surface area (TPSA) is 110 Å². The van der Waals surface area contributed by atoms with Gasteiger partial charge in [0.2, 0.25) is 15.9 Å². The highest BCUT2D eigenvalue weighted by molar-refractivity contribution is 7.92. The van der Waals surface area contributed by atoms with Crippen molar-refractivity contribution in [3.05, 3.63) is 100 Å². The zero-order valence-corrected chi connectivity index (χ0v) is 18.9. The second kappa shape index (κ2) is 9.84. The highest BCUT2D eigenvalue weighted by Gasteiger charge is 2.19. The van der Waals surface area contributed by atoms with E-state index in [0.29, 0.717) is 27.4 Å². The maximum atomic E-state index is 12.5. The fourth-order valence-electron chi connectivity index (χ4n) is 3.03. The fourth-order valence-corrected chi connectivity index (χ4v) is 4.11. The average Bonchev–Trinajstić information content (AvgIpc) is 2.76. The first kappa shape index (κ1) is 23.3. The minimum absolute atomic E-state index is 0.0747. The van der Waals surface area contributed by atoms with E-state index < -0.39 is 15.9 Å². The van der Waals surface area contributed by atoms with E-state index in [2.05, 4.69) is 5.32 Å². The number of hydrogen-bond acceptors (Lipinski definition) is 4. The number of nitrogens with zero attached hydrogens (tertiary/aromatic N) is 1. The maximum absolute atomic E-state index is 12.5. The van der Waals surface area contributed by atoms with Crippen LogP contribution in [-0.2, 0) is 23.1 Å². The van der Waals surface area contributed by atoms with E-state index in [9.17, 15) is 18.0 Å². The third kappa shape index (κ3) is 5.87. The van der Waals surface area contributed by atoms with Crippen LogP contribution < -0.4 is 15.4 Å². The molecule has 3 aromatic carbocycles. The monoisotopic (exact) mass is 471 g/mol. The number of anilines is 1. The van der Waals surface area contributed by atoms with Gasteiger partial charge in [-0.05, 0) is 53.6 Å². The summed E-state index contributed by atoms with van der Waals surface area (Å²) >= 11 is 6.18. The van der Waals surface area contributed by atoms with Gasteiger partial charge >= 0.3 is 0 Å². The van der Waals surface area contributed by atoms with E-state index in [4.69, 9.17) is 17.3 Å². The van der Waals surface area contributed by atoms with Crippen LogP contribution in [-0.4, -0.2) is 26.5 Å². The van der Waals surface area contributed by atoms with E-state index >= 15 is 0 Å². The van der Waals surface area contributed by atoms with Crippen LogP contribution in [0.15, 0.2) is 72.8 Å². The molecular weight excluding hydrogens is 450 g/mol. The van der Waals surface area contributed by atoms with Gasteiger partial charge in [0.05, 0.1) is 18.5 Å². The maximum Gasteiger partial charge on any atom is 0.251 e. The molecule has 0 atom stereocenters. The van der Waals surface area contributed by atoms with Gasteiger partial charge in [-0.15, -0.1) is 0 Å². The zero-order valence-electron chi connectivity index (χ0n) is 17.3. The molecule has 32 heavy (non-hydrogen) atoms. The predicted molar refractivity (Wildman–Crippen MR) is 125 cm³/mol. The van der Waals surface area contributed by atoms with Crippen molar-refractivity contribution in [1.82, 2.24) is 5.32 Å². The Bertz CT molecular complexity index is 1230. The number of sulfonamides is 1. The van der Waals surface area contributed by atoms with Crippen LogP contribution in [0.5, 0.6) is 0 Å². The van der Waals surface area contributed by atoms with Crippen LogP contribution in [0.3, 0.4) is 0 Å². The minimum Gasteiger partial charge on any atom is -0.366 e. The molecule has 0 aliphatic carbocycles. The first-order chi connectivity index (χ1) is 15.1. The first-order valence-corrected chi connectivity index (χ1v) is 11.9. The van der Waals surface area contributed by atoms with Gasteiger partial charge in [-0.3, -0.25) is 13.9 Å². The second-order valence-corrected chi connectivity index (χ2v) is 9.47. The van der Waals surface area contributed by atoms with Crippen molar-refractivity contribution in [2.24, 2.45) is 5.73 Å². The van der Waals surface area contributed by atoms with Gasteiger partial charge in [-0.1, -0.05) is 41.9 Å². The Hall–Kier alpha value is -3.36. The van der Waals surface area contributed by atoms with Crippen molar-refractivity contribution in [3.8, 4) is 0 Å². The molecule has 3 aromatic rings. The summed E-state index contributed by atoms with van der Waals surface area (Å²) in [6.45, 7) is 0.340. The largest absolute Gasteiger partial charge is 0.366 e. The molecule has 0 saturated heterocycles. The number of carbonyl (C=O) groups is 2. The molecule has 0 spiro atoms. The van der Waals surface area contributed by atoms with E-state index in [1.807, 2.05) is 0 Å². The lowest BCUT2D eigenvalue weighted by Gasteiger charge is -2.23. The number of benzene rings is 3. The summed E-state index contributed by atoms with van der Waals surface area (Å²) in [7, 11) is -3.58. The van der Waals surface area contributed by atoms with Crippen molar-refractivity contribution in [2.45, 2.75) is 13.1 Å². The van der Waals surface area contributed by atoms with Crippen LogP contribution in [0.1, 0.15) is 31.8 Å². The summed E-state index contributed by atoms with van der Waals surface area (Å²) in [5.74, 6) is -0.828. The lowest BCUT2D eigenvalue weighted by atomic mass is 10.1. The van der Waals surface area contributed by atoms with Crippen LogP contribution in [0.25, 0.3) is 0 Å². The summed E-state index contributed by atoms with van der Waals surface area (Å²) in [5, 5.41) is 3.26. The van der Waals surface area contributed by atoms with Crippen molar-refractivity contribution in [2.75, 3.05) is 10.6 Å². The number of amides is 2. The quantitative estimate of drug-likeness (QED) is 0.525. The number of primary amides is 1. The van der Waals surface area contributed by atoms with Crippen LogP contribution in [0, 0.1) is 0 Å². The number of carbonyl (C=O) groups excluding carboxylic acids is 2. The van der Waals surface area contributed by atoms with Crippen molar-refractivity contribution in [3.63, 3.8) is 0 Å². The number of rotatable bonds is 8. The molecule has 0 heterocycles. The number of nitrogens with two attached hydrogens (primary N) is 1. The summed E-state index contributed by atoms with van der Waals surface area (Å²) in [6, 6.07) is 19.9. The standard InChI is InChI=1S/C23H22ClN3O4S/c1-32(30,31)27(15-19-4-2-3-5-21(19)24)20-12-10-18(11-13-20)23(29)26-14-16-6-8-17(9-7-16)22(25)28/h2-13H,14-15H2,1H3,(H2,25,28)(H,26,29). The molecule has 0 unspecified atom stereocenters. The third-order valence-electron chi connectivity index (χ3n) is 4.78. The Kier molecular flexibility index (Phi) is 7.17. The van der Waals surface area contributed by atoms with Crippen molar-refractivity contribution >= 4 is 39.1 Å². The molecule has 0 saturated carbocycles. The summed E-state index contributed by atoms with van der Waals surface area (Å²) in [6.07, 6.45) is 1.12. The lowest BCUT2D eigenvalue weighted by molar-refractivity contribution is 0.0949. The SMILES string of the molecule is CS(=O)(=O)N(Cc1ccccc1Cl)c1ccc(C(=O)NCc2ccc(C(N)=O)cc2)cc1. The van der Waals surface area contributed by atoms with Crippen LogP contribution in [0.4, 0.5) is 5.69 Å². The number of halogens is 1. The van der Waals surface area contributed by atoms with Gasteiger partial charge in [0.15, 0.2) is 0 Å². The summed E-state index contributed by atoms with van der Waals surface area (Å²) in [5.41, 5.74) is 7.89. The molecule has 0 aliphatic heterocycles. The Labute approximate surface area is 191 Å². The molecule has 9 heteroatoms. The summed E-state index contributed by atoms with van der Waals surface area (Å²) in [4.78, 5) is 23.6.